The number of hydrogen-bond donors (Lipinski definition) is 0. The van der Waals surface area contributed by atoms with Crippen LogP contribution in [0.15, 0.2) is 40.9 Å². The van der Waals surface area contributed by atoms with Crippen LogP contribution in [0.2, 0.25) is 0 Å². The van der Waals surface area contributed by atoms with Crippen LogP contribution < -0.4 is 0 Å². The Bertz CT molecular complexity index is 646. The van der Waals surface area contributed by atoms with Gasteiger partial charge in [-0.25, -0.2) is 0 Å². The summed E-state index contributed by atoms with van der Waals surface area (Å²) in [5.41, 5.74) is 2.52. The van der Waals surface area contributed by atoms with Gasteiger partial charge in [-0.15, -0.1) is 0 Å². The number of hydrogen-bond acceptors (Lipinski definition) is 2. The molecule has 0 radical (unpaired) electrons. The standard InChI is InChI=1S/C15H14BrIN2O/c1-10-4-3-5-12(18-10)9-19(2)15(20)13-8-11(17)6-7-14(13)16/h3-8H,9H2,1-2H3. The SMILES string of the molecule is Cc1cccc(CN(C)C(=O)c2cc(I)ccc2Br)n1. The van der Waals surface area contributed by atoms with E-state index in [0.29, 0.717) is 12.1 Å². The number of pyridine rings is 1. The van der Waals surface area contributed by atoms with Crippen molar-refractivity contribution in [3.8, 4) is 0 Å². The second kappa shape index (κ2) is 6.67. The number of halogens is 2. The summed E-state index contributed by atoms with van der Waals surface area (Å²) in [5.74, 6) is -0.0151. The summed E-state index contributed by atoms with van der Waals surface area (Å²) in [6.07, 6.45) is 0. The molecule has 2 rings (SSSR count). The highest BCUT2D eigenvalue weighted by Gasteiger charge is 2.16. The maximum atomic E-state index is 12.5. The van der Waals surface area contributed by atoms with Crippen LogP contribution in [0.25, 0.3) is 0 Å². The first kappa shape index (κ1) is 15.4. The van der Waals surface area contributed by atoms with Crippen molar-refractivity contribution < 1.29 is 4.79 Å². The van der Waals surface area contributed by atoms with E-state index in [4.69, 9.17) is 0 Å². The van der Waals surface area contributed by atoms with Gasteiger partial charge in [-0.3, -0.25) is 9.78 Å². The smallest absolute Gasteiger partial charge is 0.255 e. The summed E-state index contributed by atoms with van der Waals surface area (Å²) in [6, 6.07) is 11.6. The molecule has 1 heterocycles. The molecule has 0 aliphatic heterocycles. The number of aryl methyl sites for hydroxylation is 1. The average molecular weight is 445 g/mol. The highest BCUT2D eigenvalue weighted by atomic mass is 127. The molecule has 0 aliphatic rings. The number of benzene rings is 1. The molecule has 1 amide bonds. The third kappa shape index (κ3) is 3.79. The van der Waals surface area contributed by atoms with E-state index in [1.165, 1.54) is 0 Å². The Morgan fingerprint density at radius 1 is 1.35 bits per heavy atom. The average Bonchev–Trinajstić information content (AvgIpc) is 2.40. The largest absolute Gasteiger partial charge is 0.336 e. The molecule has 104 valence electrons. The summed E-state index contributed by atoms with van der Waals surface area (Å²) in [6.45, 7) is 2.44. The number of carbonyl (C=O) groups is 1. The molecule has 0 atom stereocenters. The molecule has 20 heavy (non-hydrogen) atoms. The van der Waals surface area contributed by atoms with E-state index in [1.807, 2.05) is 43.3 Å². The number of nitrogens with zero attached hydrogens (tertiary/aromatic N) is 2. The third-order valence-corrected chi connectivity index (χ3v) is 4.21. The van der Waals surface area contributed by atoms with Crippen LogP contribution in [0.5, 0.6) is 0 Å². The molecule has 0 N–H and O–H groups in total. The van der Waals surface area contributed by atoms with E-state index in [-0.39, 0.29) is 5.91 Å². The molecule has 0 saturated heterocycles. The lowest BCUT2D eigenvalue weighted by molar-refractivity contribution is 0.0782. The Morgan fingerprint density at radius 2 is 2.10 bits per heavy atom. The van der Waals surface area contributed by atoms with Gasteiger partial charge in [0, 0.05) is 20.8 Å². The molecule has 0 aliphatic carbocycles. The summed E-state index contributed by atoms with van der Waals surface area (Å²) in [4.78, 5) is 18.6. The van der Waals surface area contributed by atoms with Crippen molar-refractivity contribution in [2.75, 3.05) is 7.05 Å². The second-order valence-electron chi connectivity index (χ2n) is 4.56. The van der Waals surface area contributed by atoms with Crippen molar-refractivity contribution >= 4 is 44.4 Å². The van der Waals surface area contributed by atoms with E-state index < -0.39 is 0 Å². The molecular weight excluding hydrogens is 431 g/mol. The van der Waals surface area contributed by atoms with Gasteiger partial charge in [0.2, 0.25) is 0 Å². The van der Waals surface area contributed by atoms with Crippen molar-refractivity contribution in [1.82, 2.24) is 9.88 Å². The second-order valence-corrected chi connectivity index (χ2v) is 6.66. The molecule has 0 saturated carbocycles. The molecule has 2 aromatic rings. The van der Waals surface area contributed by atoms with Crippen LogP contribution in [0.3, 0.4) is 0 Å². The molecule has 0 unspecified atom stereocenters. The van der Waals surface area contributed by atoms with Crippen LogP contribution >= 0.6 is 38.5 Å². The minimum absolute atomic E-state index is 0.0151. The fraction of sp³-hybridized carbons (Fsp3) is 0.200. The zero-order chi connectivity index (χ0) is 14.7. The van der Waals surface area contributed by atoms with E-state index in [1.54, 1.807) is 11.9 Å². The van der Waals surface area contributed by atoms with Crippen molar-refractivity contribution in [1.29, 1.82) is 0 Å². The monoisotopic (exact) mass is 444 g/mol. The van der Waals surface area contributed by atoms with E-state index in [9.17, 15) is 4.79 Å². The summed E-state index contributed by atoms with van der Waals surface area (Å²) in [7, 11) is 1.79. The topological polar surface area (TPSA) is 33.2 Å². The minimum Gasteiger partial charge on any atom is -0.336 e. The summed E-state index contributed by atoms with van der Waals surface area (Å²) in [5, 5.41) is 0. The Labute approximate surface area is 140 Å². The van der Waals surface area contributed by atoms with Crippen LogP contribution in [0, 0.1) is 10.5 Å². The van der Waals surface area contributed by atoms with E-state index in [0.717, 1.165) is 19.4 Å². The molecule has 0 fully saturated rings. The lowest BCUT2D eigenvalue weighted by atomic mass is 10.2. The van der Waals surface area contributed by atoms with Crippen LogP contribution in [-0.4, -0.2) is 22.8 Å². The third-order valence-electron chi connectivity index (χ3n) is 2.85. The van der Waals surface area contributed by atoms with Gasteiger partial charge < -0.3 is 4.90 Å². The number of rotatable bonds is 3. The van der Waals surface area contributed by atoms with E-state index in [2.05, 4.69) is 43.5 Å². The number of carbonyl (C=O) groups excluding carboxylic acids is 1. The zero-order valence-electron chi connectivity index (χ0n) is 11.2. The van der Waals surface area contributed by atoms with Gasteiger partial charge in [0.25, 0.3) is 5.91 Å². The first-order chi connectivity index (χ1) is 9.47. The van der Waals surface area contributed by atoms with E-state index >= 15 is 0 Å². The molecule has 3 nitrogen and oxygen atoms in total. The molecule has 1 aromatic carbocycles. The Morgan fingerprint density at radius 3 is 2.80 bits per heavy atom. The molecule has 0 spiro atoms. The fourth-order valence-electron chi connectivity index (χ4n) is 1.87. The van der Waals surface area contributed by atoms with Crippen molar-refractivity contribution in [2.45, 2.75) is 13.5 Å². The number of aromatic nitrogens is 1. The highest BCUT2D eigenvalue weighted by molar-refractivity contribution is 14.1. The first-order valence-electron chi connectivity index (χ1n) is 6.10. The lowest BCUT2D eigenvalue weighted by Gasteiger charge is -2.18. The van der Waals surface area contributed by atoms with Crippen molar-refractivity contribution in [2.24, 2.45) is 0 Å². The van der Waals surface area contributed by atoms with Gasteiger partial charge in [-0.1, -0.05) is 6.07 Å². The zero-order valence-corrected chi connectivity index (χ0v) is 15.0. The first-order valence-corrected chi connectivity index (χ1v) is 7.97. The molecule has 1 aromatic heterocycles. The molecule has 0 bridgehead atoms. The van der Waals surface area contributed by atoms with Gasteiger partial charge in [-0.2, -0.15) is 0 Å². The van der Waals surface area contributed by atoms with Crippen molar-refractivity contribution in [3.05, 3.63) is 61.4 Å². The minimum atomic E-state index is -0.0151. The van der Waals surface area contributed by atoms with Crippen LogP contribution in [0.4, 0.5) is 0 Å². The summed E-state index contributed by atoms with van der Waals surface area (Å²) < 4.78 is 1.85. The quantitative estimate of drug-likeness (QED) is 0.669. The maximum absolute atomic E-state index is 12.5. The molecule has 5 heteroatoms. The van der Waals surface area contributed by atoms with Gasteiger partial charge in [0.15, 0.2) is 0 Å². The van der Waals surface area contributed by atoms with Gasteiger partial charge in [-0.05, 0) is 75.8 Å². The van der Waals surface area contributed by atoms with Crippen molar-refractivity contribution in [3.63, 3.8) is 0 Å². The lowest BCUT2D eigenvalue weighted by Crippen LogP contribution is -2.27. The van der Waals surface area contributed by atoms with Gasteiger partial charge in [0.05, 0.1) is 17.8 Å². The Hall–Kier alpha value is -0.950. The highest BCUT2D eigenvalue weighted by Crippen LogP contribution is 2.21. The summed E-state index contributed by atoms with van der Waals surface area (Å²) >= 11 is 5.63. The Balaban J connectivity index is 2.18. The number of amides is 1. The van der Waals surface area contributed by atoms with Crippen LogP contribution in [0.1, 0.15) is 21.7 Å². The molecular formula is C15H14BrIN2O. The predicted octanol–water partition coefficient (Wildman–Crippen LogP) is 4.03. The van der Waals surface area contributed by atoms with Gasteiger partial charge >= 0.3 is 0 Å². The predicted molar refractivity (Wildman–Crippen MR) is 91.6 cm³/mol. The fourth-order valence-corrected chi connectivity index (χ4v) is 2.78. The maximum Gasteiger partial charge on any atom is 0.255 e. The van der Waals surface area contributed by atoms with Gasteiger partial charge in [0.1, 0.15) is 0 Å². The normalized spacial score (nSPS) is 10.4. The van der Waals surface area contributed by atoms with Crippen LogP contribution in [-0.2, 0) is 6.54 Å². The Kier molecular flexibility index (Phi) is 5.15.